The minimum atomic E-state index is -0.798. The van der Waals surface area contributed by atoms with Gasteiger partial charge in [0.25, 0.3) is 0 Å². The van der Waals surface area contributed by atoms with Crippen LogP contribution in [0.1, 0.15) is 50.4 Å². The zero-order valence-electron chi connectivity index (χ0n) is 12.7. The lowest BCUT2D eigenvalue weighted by atomic mass is 9.87. The Balaban J connectivity index is 2.39. The van der Waals surface area contributed by atoms with Gasteiger partial charge in [-0.1, -0.05) is 0 Å². The Hall–Kier alpha value is -2.04. The van der Waals surface area contributed by atoms with E-state index in [2.05, 4.69) is 0 Å². The Kier molecular flexibility index (Phi) is 5.76. The van der Waals surface area contributed by atoms with Gasteiger partial charge < -0.3 is 14.9 Å². The number of aromatic hydroxyl groups is 1. The summed E-state index contributed by atoms with van der Waals surface area (Å²) in [7, 11) is 0. The zero-order valence-corrected chi connectivity index (χ0v) is 12.7. The van der Waals surface area contributed by atoms with E-state index in [1.807, 2.05) is 0 Å². The van der Waals surface area contributed by atoms with Crippen molar-refractivity contribution < 1.29 is 24.5 Å². The lowest BCUT2D eigenvalue weighted by Gasteiger charge is -2.18. The summed E-state index contributed by atoms with van der Waals surface area (Å²) in [5, 5.41) is 18.7. The van der Waals surface area contributed by atoms with Gasteiger partial charge in [0, 0.05) is 6.07 Å². The Morgan fingerprint density at radius 1 is 1.24 bits per heavy atom. The molecule has 1 rings (SSSR count). The summed E-state index contributed by atoms with van der Waals surface area (Å²) in [5.74, 6) is -0.592. The minimum absolute atomic E-state index is 0.0907. The van der Waals surface area contributed by atoms with Crippen LogP contribution in [-0.2, 0) is 4.79 Å². The number of ether oxygens (including phenoxy) is 1. The van der Waals surface area contributed by atoms with E-state index in [1.54, 1.807) is 19.9 Å². The van der Waals surface area contributed by atoms with Gasteiger partial charge in [-0.2, -0.15) is 0 Å². The van der Waals surface area contributed by atoms with Gasteiger partial charge in [-0.15, -0.1) is 0 Å². The molecule has 0 spiro atoms. The zero-order chi connectivity index (χ0) is 16.0. The highest BCUT2D eigenvalue weighted by Gasteiger charge is 2.25. The summed E-state index contributed by atoms with van der Waals surface area (Å²) in [6.07, 6.45) is 2.06. The molecule has 1 aromatic rings. The van der Waals surface area contributed by atoms with Crippen molar-refractivity contribution in [1.82, 2.24) is 0 Å². The molecular weight excluding hydrogens is 272 g/mol. The van der Waals surface area contributed by atoms with Crippen molar-refractivity contribution in [3.05, 3.63) is 23.8 Å². The third-order valence-corrected chi connectivity index (χ3v) is 3.39. The Labute approximate surface area is 124 Å². The minimum Gasteiger partial charge on any atom is -0.507 e. The molecule has 0 aliphatic heterocycles. The molecule has 0 aromatic heterocycles. The molecule has 21 heavy (non-hydrogen) atoms. The summed E-state index contributed by atoms with van der Waals surface area (Å²) in [5.41, 5.74) is -0.452. The molecule has 0 saturated heterocycles. The van der Waals surface area contributed by atoms with Crippen LogP contribution in [0.25, 0.3) is 0 Å². The molecular formula is C16H22O5. The van der Waals surface area contributed by atoms with Crippen LogP contribution in [-0.4, -0.2) is 28.6 Å². The number of ketones is 1. The van der Waals surface area contributed by atoms with Gasteiger partial charge in [0.05, 0.1) is 17.6 Å². The van der Waals surface area contributed by atoms with Gasteiger partial charge in [0.1, 0.15) is 11.5 Å². The number of hydrogen-bond acceptors (Lipinski definition) is 4. The van der Waals surface area contributed by atoms with Crippen molar-refractivity contribution in [2.75, 3.05) is 6.61 Å². The molecule has 116 valence electrons. The normalized spacial score (nSPS) is 11.2. The van der Waals surface area contributed by atoms with Crippen molar-refractivity contribution in [2.45, 2.75) is 40.0 Å². The highest BCUT2D eigenvalue weighted by Crippen LogP contribution is 2.25. The molecule has 0 heterocycles. The number of hydrogen-bond donors (Lipinski definition) is 2. The molecule has 0 unspecified atom stereocenters. The third-order valence-electron chi connectivity index (χ3n) is 3.39. The monoisotopic (exact) mass is 294 g/mol. The van der Waals surface area contributed by atoms with E-state index in [-0.39, 0.29) is 17.1 Å². The van der Waals surface area contributed by atoms with E-state index in [9.17, 15) is 14.7 Å². The Bertz CT molecular complexity index is 519. The summed E-state index contributed by atoms with van der Waals surface area (Å²) in [4.78, 5) is 22.1. The van der Waals surface area contributed by atoms with Gasteiger partial charge in [0.15, 0.2) is 5.78 Å². The fourth-order valence-corrected chi connectivity index (χ4v) is 1.86. The number of aliphatic carboxylic acids is 1. The van der Waals surface area contributed by atoms with E-state index in [0.717, 1.165) is 12.8 Å². The number of benzene rings is 1. The molecule has 0 radical (unpaired) electrons. The maximum absolute atomic E-state index is 11.2. The highest BCUT2D eigenvalue weighted by molar-refractivity contribution is 5.96. The maximum atomic E-state index is 11.2. The molecule has 0 saturated carbocycles. The number of Topliss-reactive ketones (excluding diaryl/α,β-unsaturated/α-hetero) is 1. The molecule has 0 bridgehead atoms. The van der Waals surface area contributed by atoms with Crippen LogP contribution < -0.4 is 4.74 Å². The molecule has 1 aromatic carbocycles. The number of carbonyl (C=O) groups is 2. The first-order valence-corrected chi connectivity index (χ1v) is 6.94. The van der Waals surface area contributed by atoms with Crippen LogP contribution in [0.5, 0.6) is 11.5 Å². The number of unbranched alkanes of at least 4 members (excludes halogenated alkanes) is 1. The van der Waals surface area contributed by atoms with E-state index in [0.29, 0.717) is 18.8 Å². The number of carbonyl (C=O) groups excluding carboxylic acids is 1. The number of carboxylic acids is 1. The third kappa shape index (κ3) is 5.10. The molecule has 2 N–H and O–H groups in total. The van der Waals surface area contributed by atoms with E-state index < -0.39 is 11.4 Å². The summed E-state index contributed by atoms with van der Waals surface area (Å²) < 4.78 is 5.48. The predicted molar refractivity (Wildman–Crippen MR) is 78.9 cm³/mol. The first-order valence-electron chi connectivity index (χ1n) is 6.94. The lowest BCUT2D eigenvalue weighted by molar-refractivity contribution is -0.147. The van der Waals surface area contributed by atoms with Crippen LogP contribution >= 0.6 is 0 Å². The molecule has 0 amide bonds. The van der Waals surface area contributed by atoms with Crippen LogP contribution in [0, 0.1) is 5.41 Å². The second kappa shape index (κ2) is 7.11. The van der Waals surface area contributed by atoms with Crippen LogP contribution in [0.15, 0.2) is 18.2 Å². The fourth-order valence-electron chi connectivity index (χ4n) is 1.86. The number of rotatable bonds is 8. The summed E-state index contributed by atoms with van der Waals surface area (Å²) in [6, 6.07) is 4.58. The predicted octanol–water partition coefficient (Wildman–Crippen LogP) is 3.25. The van der Waals surface area contributed by atoms with E-state index in [4.69, 9.17) is 9.84 Å². The average molecular weight is 294 g/mol. The van der Waals surface area contributed by atoms with Gasteiger partial charge in [-0.3, -0.25) is 9.59 Å². The molecule has 0 atom stereocenters. The van der Waals surface area contributed by atoms with Crippen molar-refractivity contribution in [3.63, 3.8) is 0 Å². The van der Waals surface area contributed by atoms with Crippen molar-refractivity contribution in [1.29, 1.82) is 0 Å². The SMILES string of the molecule is CC(=O)c1ccc(OCCCCC(C)(C)C(=O)O)cc1O. The van der Waals surface area contributed by atoms with Gasteiger partial charge in [-0.25, -0.2) is 0 Å². The van der Waals surface area contributed by atoms with Crippen LogP contribution in [0.3, 0.4) is 0 Å². The number of phenolic OH excluding ortho intramolecular Hbond substituents is 1. The Morgan fingerprint density at radius 3 is 2.43 bits per heavy atom. The Morgan fingerprint density at radius 2 is 1.90 bits per heavy atom. The molecule has 0 fully saturated rings. The number of carboxylic acid groups (broad SMARTS) is 1. The second-order valence-corrected chi connectivity index (χ2v) is 5.73. The van der Waals surface area contributed by atoms with E-state index >= 15 is 0 Å². The summed E-state index contributed by atoms with van der Waals surface area (Å²) >= 11 is 0. The topological polar surface area (TPSA) is 83.8 Å². The van der Waals surface area contributed by atoms with Crippen molar-refractivity contribution in [3.8, 4) is 11.5 Å². The standard InChI is InChI=1S/C16H22O5/c1-11(17)13-7-6-12(10-14(13)18)21-9-5-4-8-16(2,3)15(19)20/h6-7,10,18H,4-5,8-9H2,1-3H3,(H,19,20). The molecule has 5 heteroatoms. The second-order valence-electron chi connectivity index (χ2n) is 5.73. The van der Waals surface area contributed by atoms with Crippen LogP contribution in [0.4, 0.5) is 0 Å². The molecule has 0 aliphatic carbocycles. The van der Waals surface area contributed by atoms with Crippen molar-refractivity contribution >= 4 is 11.8 Å². The fraction of sp³-hybridized carbons (Fsp3) is 0.500. The van der Waals surface area contributed by atoms with Gasteiger partial charge in [-0.05, 0) is 52.2 Å². The largest absolute Gasteiger partial charge is 0.507 e. The van der Waals surface area contributed by atoms with Crippen LogP contribution in [0.2, 0.25) is 0 Å². The smallest absolute Gasteiger partial charge is 0.309 e. The highest BCUT2D eigenvalue weighted by atomic mass is 16.5. The lowest BCUT2D eigenvalue weighted by Crippen LogP contribution is -2.23. The average Bonchev–Trinajstić information content (AvgIpc) is 2.37. The maximum Gasteiger partial charge on any atom is 0.309 e. The van der Waals surface area contributed by atoms with E-state index in [1.165, 1.54) is 19.1 Å². The quantitative estimate of drug-likeness (QED) is 0.568. The van der Waals surface area contributed by atoms with Gasteiger partial charge in [0.2, 0.25) is 0 Å². The van der Waals surface area contributed by atoms with Crippen molar-refractivity contribution in [2.24, 2.45) is 5.41 Å². The molecule has 0 aliphatic rings. The van der Waals surface area contributed by atoms with Gasteiger partial charge >= 0.3 is 5.97 Å². The molecule has 5 nitrogen and oxygen atoms in total. The first kappa shape index (κ1) is 17.0. The first-order chi connectivity index (χ1) is 9.74. The summed E-state index contributed by atoms with van der Waals surface area (Å²) in [6.45, 7) is 5.23. The number of phenols is 1.